The van der Waals surface area contributed by atoms with Gasteiger partial charge in [0.05, 0.1) is 11.4 Å². The monoisotopic (exact) mass is 273 g/mol. The van der Waals surface area contributed by atoms with Crippen molar-refractivity contribution >= 4 is 5.97 Å². The first-order chi connectivity index (χ1) is 9.36. The van der Waals surface area contributed by atoms with Gasteiger partial charge in [-0.1, -0.05) is 51.1 Å². The average Bonchev–Trinajstić information content (AvgIpc) is 2.83. The second-order valence-electron chi connectivity index (χ2n) is 5.74. The summed E-state index contributed by atoms with van der Waals surface area (Å²) in [7, 11) is 0. The molecule has 5 heteroatoms. The Bertz CT molecular complexity index is 639. The van der Waals surface area contributed by atoms with Gasteiger partial charge in [0, 0.05) is 5.41 Å². The summed E-state index contributed by atoms with van der Waals surface area (Å²) < 4.78 is 1.66. The molecular weight excluding hydrogens is 254 g/mol. The van der Waals surface area contributed by atoms with Crippen LogP contribution >= 0.6 is 0 Å². The molecule has 0 spiro atoms. The number of nitrogens with zero attached hydrogens (tertiary/aromatic N) is 3. The lowest BCUT2D eigenvalue weighted by atomic mass is 9.90. The summed E-state index contributed by atoms with van der Waals surface area (Å²) in [6.45, 7) is 7.94. The average molecular weight is 273 g/mol. The molecule has 2 rings (SSSR count). The second kappa shape index (κ2) is 5.07. The summed E-state index contributed by atoms with van der Waals surface area (Å²) in [4.78, 5) is 11.4. The summed E-state index contributed by atoms with van der Waals surface area (Å²) in [6, 6.07) is 7.84. The Hall–Kier alpha value is -2.17. The van der Waals surface area contributed by atoms with Crippen LogP contribution in [0.25, 0.3) is 5.69 Å². The van der Waals surface area contributed by atoms with Crippen LogP contribution in [0.2, 0.25) is 0 Å². The van der Waals surface area contributed by atoms with Gasteiger partial charge in [-0.2, -0.15) is 0 Å². The third-order valence-corrected chi connectivity index (χ3v) is 3.18. The van der Waals surface area contributed by atoms with E-state index in [4.69, 9.17) is 0 Å². The Morgan fingerprint density at radius 1 is 1.30 bits per heavy atom. The Labute approximate surface area is 118 Å². The normalized spacial score (nSPS) is 11.6. The second-order valence-corrected chi connectivity index (χ2v) is 5.74. The predicted octanol–water partition coefficient (Wildman–Crippen LogP) is 2.83. The van der Waals surface area contributed by atoms with E-state index in [0.717, 1.165) is 17.7 Å². The van der Waals surface area contributed by atoms with E-state index in [0.29, 0.717) is 5.69 Å². The molecule has 0 radical (unpaired) electrons. The lowest BCUT2D eigenvalue weighted by Gasteiger charge is -2.21. The lowest BCUT2D eigenvalue weighted by molar-refractivity contribution is 0.0687. The van der Waals surface area contributed by atoms with Crippen LogP contribution in [0.5, 0.6) is 0 Å². The molecule has 2 aromatic rings. The molecule has 1 N–H and O–H groups in total. The number of hydrogen-bond donors (Lipinski definition) is 1. The molecule has 0 atom stereocenters. The number of carbonyl (C=O) groups is 1. The maximum absolute atomic E-state index is 11.4. The zero-order chi connectivity index (χ0) is 14.9. The topological polar surface area (TPSA) is 68.0 Å². The molecule has 0 saturated carbocycles. The number of aromatic nitrogens is 3. The van der Waals surface area contributed by atoms with Gasteiger partial charge in [0.25, 0.3) is 0 Å². The predicted molar refractivity (Wildman–Crippen MR) is 76.4 cm³/mol. The lowest BCUT2D eigenvalue weighted by Crippen LogP contribution is -2.21. The van der Waals surface area contributed by atoms with Crippen molar-refractivity contribution in [2.45, 2.75) is 39.5 Å². The van der Waals surface area contributed by atoms with Crippen molar-refractivity contribution in [1.82, 2.24) is 15.0 Å². The van der Waals surface area contributed by atoms with E-state index in [1.807, 2.05) is 45.0 Å². The number of carboxylic acid groups (broad SMARTS) is 1. The molecule has 0 aliphatic rings. The molecule has 0 saturated heterocycles. The first-order valence-electron chi connectivity index (χ1n) is 6.64. The van der Waals surface area contributed by atoms with Crippen molar-refractivity contribution in [2.24, 2.45) is 0 Å². The van der Waals surface area contributed by atoms with Crippen molar-refractivity contribution in [1.29, 1.82) is 0 Å². The number of aromatic carboxylic acids is 1. The van der Waals surface area contributed by atoms with Gasteiger partial charge in [0.2, 0.25) is 0 Å². The van der Waals surface area contributed by atoms with Crippen molar-refractivity contribution in [3.63, 3.8) is 0 Å². The number of aryl methyl sites for hydroxylation is 1. The molecule has 5 nitrogen and oxygen atoms in total. The van der Waals surface area contributed by atoms with Crippen LogP contribution in [0.4, 0.5) is 0 Å². The van der Waals surface area contributed by atoms with Gasteiger partial charge in [0.1, 0.15) is 0 Å². The van der Waals surface area contributed by atoms with E-state index in [9.17, 15) is 9.90 Å². The van der Waals surface area contributed by atoms with Gasteiger partial charge in [-0.25, -0.2) is 9.48 Å². The molecule has 0 bridgehead atoms. The molecule has 0 unspecified atom stereocenters. The minimum Gasteiger partial charge on any atom is -0.476 e. The van der Waals surface area contributed by atoms with Crippen LogP contribution in [0.3, 0.4) is 0 Å². The van der Waals surface area contributed by atoms with Crippen LogP contribution in [0, 0.1) is 0 Å². The molecule has 1 aromatic heterocycles. The Balaban J connectivity index is 2.72. The smallest absolute Gasteiger partial charge is 0.358 e. The zero-order valence-electron chi connectivity index (χ0n) is 12.2. The fourth-order valence-corrected chi connectivity index (χ4v) is 2.28. The van der Waals surface area contributed by atoms with E-state index in [1.165, 1.54) is 0 Å². The summed E-state index contributed by atoms with van der Waals surface area (Å²) in [5.41, 5.74) is 2.27. The molecular formula is C15H19N3O2. The van der Waals surface area contributed by atoms with Gasteiger partial charge >= 0.3 is 5.97 Å². The van der Waals surface area contributed by atoms with Crippen LogP contribution in [0.1, 0.15) is 49.4 Å². The fourth-order valence-electron chi connectivity index (χ4n) is 2.28. The summed E-state index contributed by atoms with van der Waals surface area (Å²) in [6.07, 6.45) is 0.849. The van der Waals surface area contributed by atoms with Gasteiger partial charge in [-0.3, -0.25) is 0 Å². The molecule has 20 heavy (non-hydrogen) atoms. The Kier molecular flexibility index (Phi) is 3.61. The summed E-state index contributed by atoms with van der Waals surface area (Å²) >= 11 is 0. The highest BCUT2D eigenvalue weighted by Gasteiger charge is 2.30. The molecule has 106 valence electrons. The highest BCUT2D eigenvalue weighted by Crippen LogP contribution is 2.28. The number of benzene rings is 1. The van der Waals surface area contributed by atoms with Crippen LogP contribution in [-0.4, -0.2) is 26.1 Å². The highest BCUT2D eigenvalue weighted by molar-refractivity contribution is 5.87. The van der Waals surface area contributed by atoms with E-state index in [1.54, 1.807) is 4.68 Å². The number of hydrogen-bond acceptors (Lipinski definition) is 3. The number of carboxylic acids is 1. The first-order valence-corrected chi connectivity index (χ1v) is 6.64. The Morgan fingerprint density at radius 2 is 1.95 bits per heavy atom. The molecule has 1 heterocycles. The van der Waals surface area contributed by atoms with Crippen molar-refractivity contribution < 1.29 is 9.90 Å². The van der Waals surface area contributed by atoms with Gasteiger partial charge < -0.3 is 5.11 Å². The first kappa shape index (κ1) is 14.2. The van der Waals surface area contributed by atoms with Crippen molar-refractivity contribution in [3.8, 4) is 5.69 Å². The Morgan fingerprint density at radius 3 is 2.50 bits per heavy atom. The highest BCUT2D eigenvalue weighted by atomic mass is 16.4. The third-order valence-electron chi connectivity index (χ3n) is 3.18. The summed E-state index contributed by atoms with van der Waals surface area (Å²) in [5.74, 6) is -1.05. The van der Waals surface area contributed by atoms with Crippen molar-refractivity contribution in [2.75, 3.05) is 0 Å². The molecule has 0 aliphatic carbocycles. The van der Waals surface area contributed by atoms with E-state index >= 15 is 0 Å². The van der Waals surface area contributed by atoms with Crippen LogP contribution < -0.4 is 0 Å². The van der Waals surface area contributed by atoms with Crippen LogP contribution in [0.15, 0.2) is 24.3 Å². The maximum atomic E-state index is 11.4. The number of para-hydroxylation sites is 1. The molecule has 1 aromatic carbocycles. The summed E-state index contributed by atoms with van der Waals surface area (Å²) in [5, 5.41) is 17.2. The van der Waals surface area contributed by atoms with Crippen molar-refractivity contribution in [3.05, 3.63) is 41.2 Å². The fraction of sp³-hybridized carbons (Fsp3) is 0.400. The van der Waals surface area contributed by atoms with Gasteiger partial charge in [-0.15, -0.1) is 5.10 Å². The van der Waals surface area contributed by atoms with Gasteiger partial charge in [0.15, 0.2) is 5.69 Å². The largest absolute Gasteiger partial charge is 0.476 e. The quantitative estimate of drug-likeness (QED) is 0.933. The molecule has 0 aliphatic heterocycles. The number of rotatable bonds is 3. The SMILES string of the molecule is CCc1ccccc1-n1nnc(C(=O)O)c1C(C)(C)C. The zero-order valence-corrected chi connectivity index (χ0v) is 12.2. The van der Waals surface area contributed by atoms with Gasteiger partial charge in [-0.05, 0) is 18.1 Å². The molecule has 0 amide bonds. The van der Waals surface area contributed by atoms with E-state index in [-0.39, 0.29) is 11.1 Å². The standard InChI is InChI=1S/C15H19N3O2/c1-5-10-8-6-7-9-11(10)18-13(15(2,3)4)12(14(19)20)16-17-18/h6-9H,5H2,1-4H3,(H,19,20). The van der Waals surface area contributed by atoms with E-state index < -0.39 is 5.97 Å². The third kappa shape index (κ3) is 2.43. The van der Waals surface area contributed by atoms with E-state index in [2.05, 4.69) is 17.2 Å². The van der Waals surface area contributed by atoms with Crippen LogP contribution in [-0.2, 0) is 11.8 Å². The minimum atomic E-state index is -1.05. The minimum absolute atomic E-state index is 0.0170. The molecule has 0 fully saturated rings. The maximum Gasteiger partial charge on any atom is 0.358 e.